The first-order chi connectivity index (χ1) is 11.7. The smallest absolute Gasteiger partial charge is 0.342 e. The topological polar surface area (TPSA) is 89.9 Å². The van der Waals surface area contributed by atoms with E-state index in [1.165, 1.54) is 31.4 Å². The molecule has 1 unspecified atom stereocenters. The minimum Gasteiger partial charge on any atom is -0.495 e. The summed E-state index contributed by atoms with van der Waals surface area (Å²) < 4.78 is 44.4. The van der Waals surface area contributed by atoms with Gasteiger partial charge in [0.15, 0.2) is 0 Å². The van der Waals surface area contributed by atoms with Crippen molar-refractivity contribution in [1.82, 2.24) is 0 Å². The van der Waals surface area contributed by atoms with Crippen LogP contribution in [0.3, 0.4) is 0 Å². The Balaban J connectivity index is 2.85. The number of carbonyl (C=O) groups is 1. The van der Waals surface area contributed by atoms with E-state index in [4.69, 9.17) is 21.1 Å². The highest BCUT2D eigenvalue weighted by molar-refractivity contribution is 9.10. The van der Waals surface area contributed by atoms with Crippen LogP contribution in [0.2, 0.25) is 5.02 Å². The Morgan fingerprint density at radius 3 is 2.44 bits per heavy atom. The average Bonchev–Trinajstić information content (AvgIpc) is 2.54. The zero-order valence-electron chi connectivity index (χ0n) is 13.2. The lowest BCUT2D eigenvalue weighted by atomic mass is 9.98. The molecule has 2 aromatic carbocycles. The highest BCUT2D eigenvalue weighted by Crippen LogP contribution is 2.40. The van der Waals surface area contributed by atoms with Gasteiger partial charge < -0.3 is 9.47 Å². The predicted molar refractivity (Wildman–Crippen MR) is 96.9 cm³/mol. The molecule has 0 spiro atoms. The molecular formula is C16H14BrClO6S. The average molecular weight is 450 g/mol. The first kappa shape index (κ1) is 19.7. The number of hydrogen-bond donors (Lipinski definition) is 1. The first-order valence-electron chi connectivity index (χ1n) is 6.87. The summed E-state index contributed by atoms with van der Waals surface area (Å²) in [6, 6.07) is 8.91. The summed E-state index contributed by atoms with van der Waals surface area (Å²) in [4.78, 5) is 12.3. The molecular weight excluding hydrogens is 436 g/mol. The van der Waals surface area contributed by atoms with Crippen molar-refractivity contribution in [3.63, 3.8) is 0 Å². The van der Waals surface area contributed by atoms with Gasteiger partial charge in [0.1, 0.15) is 16.6 Å². The van der Waals surface area contributed by atoms with Crippen LogP contribution in [0.15, 0.2) is 40.9 Å². The van der Waals surface area contributed by atoms with Crippen LogP contribution in [0.5, 0.6) is 5.75 Å². The second kappa shape index (κ2) is 7.74. The zero-order chi connectivity index (χ0) is 18.8. The third kappa shape index (κ3) is 4.14. The van der Waals surface area contributed by atoms with Crippen LogP contribution in [0.25, 0.3) is 0 Å². The lowest BCUT2D eigenvalue weighted by molar-refractivity contribution is 0.0595. The van der Waals surface area contributed by atoms with Crippen LogP contribution >= 0.6 is 27.5 Å². The van der Waals surface area contributed by atoms with Gasteiger partial charge >= 0.3 is 5.97 Å². The van der Waals surface area contributed by atoms with E-state index < -0.39 is 21.3 Å². The molecule has 0 fully saturated rings. The number of esters is 1. The molecule has 0 aliphatic carbocycles. The van der Waals surface area contributed by atoms with Gasteiger partial charge in [0.25, 0.3) is 10.1 Å². The number of rotatable bonds is 5. The minimum absolute atomic E-state index is 0.0108. The molecule has 0 radical (unpaired) electrons. The van der Waals surface area contributed by atoms with Crippen molar-refractivity contribution in [3.8, 4) is 5.75 Å². The maximum absolute atomic E-state index is 12.3. The number of halogens is 2. The van der Waals surface area contributed by atoms with Gasteiger partial charge in [0.05, 0.1) is 18.7 Å². The molecule has 25 heavy (non-hydrogen) atoms. The second-order valence-corrected chi connectivity index (χ2v) is 7.78. The summed E-state index contributed by atoms with van der Waals surface area (Å²) in [5.41, 5.74) is 0.100. The number of carbonyl (C=O) groups excluding carboxylic acids is 1. The number of ether oxygens (including phenoxy) is 2. The van der Waals surface area contributed by atoms with Gasteiger partial charge in [-0.15, -0.1) is 0 Å². The SMILES string of the molecule is COC(=O)c1c(C(c2cccc(Cl)c2)S(=O)(=O)O)ccc(Br)c1OC. The largest absolute Gasteiger partial charge is 0.495 e. The van der Waals surface area contributed by atoms with Gasteiger partial charge in [-0.2, -0.15) is 8.42 Å². The van der Waals surface area contributed by atoms with E-state index in [0.717, 1.165) is 7.11 Å². The minimum atomic E-state index is -4.63. The Labute approximate surface area is 158 Å². The van der Waals surface area contributed by atoms with Crippen molar-refractivity contribution in [2.75, 3.05) is 14.2 Å². The van der Waals surface area contributed by atoms with E-state index >= 15 is 0 Å². The molecule has 1 atom stereocenters. The predicted octanol–water partition coefficient (Wildman–Crippen LogP) is 3.87. The standard InChI is InChI=1S/C16H14BrClO6S/c1-23-14-12(17)7-6-11(13(14)16(19)24-2)15(25(20,21)22)9-4-3-5-10(18)8-9/h3-8,15H,1-2H3,(H,20,21,22). The molecule has 2 aromatic rings. The Morgan fingerprint density at radius 2 is 1.92 bits per heavy atom. The molecule has 0 saturated carbocycles. The molecule has 0 amide bonds. The quantitative estimate of drug-likeness (QED) is 0.550. The lowest BCUT2D eigenvalue weighted by Crippen LogP contribution is -2.19. The van der Waals surface area contributed by atoms with E-state index in [1.807, 2.05) is 0 Å². The van der Waals surface area contributed by atoms with Crippen molar-refractivity contribution >= 4 is 43.6 Å². The first-order valence-corrected chi connectivity index (χ1v) is 9.54. The van der Waals surface area contributed by atoms with Crippen LogP contribution in [-0.4, -0.2) is 33.2 Å². The normalized spacial score (nSPS) is 12.5. The molecule has 0 heterocycles. The summed E-state index contributed by atoms with van der Waals surface area (Å²) in [5.74, 6) is -0.705. The Bertz CT molecular complexity index is 913. The molecule has 0 aliphatic heterocycles. The summed E-state index contributed by atoms with van der Waals surface area (Å²) in [5, 5.41) is -1.25. The third-order valence-electron chi connectivity index (χ3n) is 3.47. The van der Waals surface area contributed by atoms with Crippen LogP contribution in [-0.2, 0) is 14.9 Å². The van der Waals surface area contributed by atoms with E-state index in [-0.39, 0.29) is 27.5 Å². The number of benzene rings is 2. The zero-order valence-corrected chi connectivity index (χ0v) is 16.4. The van der Waals surface area contributed by atoms with E-state index in [1.54, 1.807) is 12.1 Å². The molecule has 9 heteroatoms. The van der Waals surface area contributed by atoms with Crippen molar-refractivity contribution in [2.24, 2.45) is 0 Å². The summed E-state index contributed by atoms with van der Waals surface area (Å²) in [6.45, 7) is 0. The molecule has 134 valence electrons. The molecule has 6 nitrogen and oxygen atoms in total. The number of hydrogen-bond acceptors (Lipinski definition) is 5. The third-order valence-corrected chi connectivity index (χ3v) is 5.45. The molecule has 1 N–H and O–H groups in total. The van der Waals surface area contributed by atoms with Crippen molar-refractivity contribution in [2.45, 2.75) is 5.25 Å². The van der Waals surface area contributed by atoms with Crippen LogP contribution in [0.4, 0.5) is 0 Å². The monoisotopic (exact) mass is 448 g/mol. The Kier molecular flexibility index (Phi) is 6.10. The summed E-state index contributed by atoms with van der Waals surface area (Å²) >= 11 is 9.18. The Hall–Kier alpha value is -1.61. The van der Waals surface area contributed by atoms with Gasteiger partial charge in [-0.25, -0.2) is 4.79 Å². The van der Waals surface area contributed by atoms with Crippen molar-refractivity contribution in [1.29, 1.82) is 0 Å². The molecule has 0 aliphatic rings. The number of methoxy groups -OCH3 is 2. The van der Waals surface area contributed by atoms with E-state index in [2.05, 4.69) is 15.9 Å². The summed E-state index contributed by atoms with van der Waals surface area (Å²) in [7, 11) is -2.13. The van der Waals surface area contributed by atoms with Gasteiger partial charge in [0.2, 0.25) is 0 Å². The van der Waals surface area contributed by atoms with Crippen LogP contribution in [0.1, 0.15) is 26.7 Å². The fourth-order valence-electron chi connectivity index (χ4n) is 2.48. The van der Waals surface area contributed by atoms with Gasteiger partial charge in [-0.1, -0.05) is 29.8 Å². The Morgan fingerprint density at radius 1 is 1.24 bits per heavy atom. The molecule has 0 aromatic heterocycles. The van der Waals surface area contributed by atoms with Crippen LogP contribution < -0.4 is 4.74 Å². The van der Waals surface area contributed by atoms with Gasteiger partial charge in [-0.3, -0.25) is 4.55 Å². The summed E-state index contributed by atoms with van der Waals surface area (Å²) in [6.07, 6.45) is 0. The fraction of sp³-hybridized carbons (Fsp3) is 0.188. The van der Waals surface area contributed by atoms with Crippen molar-refractivity contribution < 1.29 is 27.2 Å². The molecule has 0 bridgehead atoms. The van der Waals surface area contributed by atoms with Crippen LogP contribution in [0, 0.1) is 0 Å². The highest BCUT2D eigenvalue weighted by atomic mass is 79.9. The fourth-order valence-corrected chi connectivity index (χ4v) is 4.18. The maximum Gasteiger partial charge on any atom is 0.342 e. The maximum atomic E-state index is 12.3. The van der Waals surface area contributed by atoms with E-state index in [9.17, 15) is 17.8 Å². The second-order valence-electron chi connectivity index (χ2n) is 4.99. The van der Waals surface area contributed by atoms with E-state index in [0.29, 0.717) is 4.47 Å². The molecule has 2 rings (SSSR count). The lowest BCUT2D eigenvalue weighted by Gasteiger charge is -2.20. The van der Waals surface area contributed by atoms with Crippen molar-refractivity contribution in [3.05, 3.63) is 62.6 Å². The van der Waals surface area contributed by atoms with Gasteiger partial charge in [-0.05, 0) is 45.3 Å². The van der Waals surface area contributed by atoms with Gasteiger partial charge in [0, 0.05) is 5.02 Å². The highest BCUT2D eigenvalue weighted by Gasteiger charge is 2.34. The molecule has 0 saturated heterocycles.